The molecule has 9 nitrogen and oxygen atoms in total. The highest BCUT2D eigenvalue weighted by atomic mass is 32.1. The summed E-state index contributed by atoms with van der Waals surface area (Å²) in [6.07, 6.45) is -0.351. The molecule has 0 spiro atoms. The van der Waals surface area contributed by atoms with E-state index in [-0.39, 0.29) is 24.2 Å². The van der Waals surface area contributed by atoms with Gasteiger partial charge in [-0.15, -0.1) is 11.3 Å². The average Bonchev–Trinajstić information content (AvgIpc) is 3.57. The first-order chi connectivity index (χ1) is 21.0. The maximum absolute atomic E-state index is 15.0. The predicted octanol–water partition coefficient (Wildman–Crippen LogP) is 6.07. The van der Waals surface area contributed by atoms with E-state index >= 15 is 4.39 Å². The molecule has 0 aliphatic carbocycles. The number of carbonyl (C=O) groups excluding carboxylic acids is 1. The van der Waals surface area contributed by atoms with Crippen molar-refractivity contribution in [3.63, 3.8) is 0 Å². The molecule has 1 saturated heterocycles. The van der Waals surface area contributed by atoms with Crippen LogP contribution in [0.25, 0.3) is 21.3 Å². The third-order valence-corrected chi connectivity index (χ3v) is 8.97. The van der Waals surface area contributed by atoms with Crippen LogP contribution >= 0.6 is 11.3 Å². The van der Waals surface area contributed by atoms with E-state index in [4.69, 9.17) is 0 Å². The zero-order chi connectivity index (χ0) is 31.2. The highest BCUT2D eigenvalue weighted by Crippen LogP contribution is 2.33. The Morgan fingerprint density at radius 1 is 1.02 bits per heavy atom. The van der Waals surface area contributed by atoms with Crippen LogP contribution in [0.5, 0.6) is 0 Å². The largest absolute Gasteiger partial charge is 0.334 e. The summed E-state index contributed by atoms with van der Waals surface area (Å²) in [6, 6.07) is 15.5. The molecule has 0 atom stereocenters. The highest BCUT2D eigenvalue weighted by Gasteiger charge is 2.34. The number of fused-ring (bicyclic) bond motifs is 1. The molecule has 6 rings (SSSR count). The fourth-order valence-electron chi connectivity index (χ4n) is 5.33. The lowest BCUT2D eigenvalue weighted by Gasteiger charge is -2.31. The lowest BCUT2D eigenvalue weighted by molar-refractivity contribution is -0.0569. The molecule has 0 unspecified atom stereocenters. The number of aromatic nitrogens is 4. The van der Waals surface area contributed by atoms with E-state index in [2.05, 4.69) is 20.8 Å². The van der Waals surface area contributed by atoms with Crippen LogP contribution < -0.4 is 16.2 Å². The Morgan fingerprint density at radius 2 is 1.77 bits per heavy atom. The summed E-state index contributed by atoms with van der Waals surface area (Å²) in [6.45, 7) is 2.71. The number of hydrogen-bond acceptors (Lipinski definition) is 7. The van der Waals surface area contributed by atoms with Crippen molar-refractivity contribution in [2.45, 2.75) is 32.2 Å². The van der Waals surface area contributed by atoms with E-state index in [0.717, 1.165) is 15.8 Å². The van der Waals surface area contributed by atoms with Gasteiger partial charge in [-0.2, -0.15) is 10.2 Å². The van der Waals surface area contributed by atoms with Gasteiger partial charge in [-0.1, -0.05) is 18.2 Å². The average molecular weight is 622 g/mol. The van der Waals surface area contributed by atoms with Crippen LogP contribution in [0.2, 0.25) is 0 Å². The number of anilines is 3. The standard InChI is InChI=1S/C31H30F3N7O2S/c1-18-21(8-9-22(32)28(18)36-29(42)26-14-19-6-4-5-7-25(19)44-26)23-16-24(30(43)40(3)37-23)35-27-15-20(39(2)38-27)17-41-12-10-31(33,34)11-13-41/h4-9,14-16H,10-13,17H2,1-3H3,(H,35,38)(H,36,42). The van der Waals surface area contributed by atoms with Gasteiger partial charge < -0.3 is 10.6 Å². The molecule has 2 N–H and O–H groups in total. The summed E-state index contributed by atoms with van der Waals surface area (Å²) in [7, 11) is 3.27. The van der Waals surface area contributed by atoms with Gasteiger partial charge in [0.2, 0.25) is 0 Å². The van der Waals surface area contributed by atoms with E-state index in [1.54, 1.807) is 42.9 Å². The maximum atomic E-state index is 15.0. The minimum Gasteiger partial charge on any atom is -0.334 e. The van der Waals surface area contributed by atoms with Crippen LogP contribution in [-0.2, 0) is 20.6 Å². The summed E-state index contributed by atoms with van der Waals surface area (Å²) in [4.78, 5) is 28.5. The third kappa shape index (κ3) is 5.97. The van der Waals surface area contributed by atoms with Crippen molar-refractivity contribution in [1.29, 1.82) is 0 Å². The normalized spacial score (nSPS) is 15.0. The number of thiophene rings is 1. The highest BCUT2D eigenvalue weighted by molar-refractivity contribution is 7.20. The molecule has 3 aromatic heterocycles. The van der Waals surface area contributed by atoms with Crippen LogP contribution in [0.15, 0.2) is 59.4 Å². The second-order valence-electron chi connectivity index (χ2n) is 11.0. The monoisotopic (exact) mass is 621 g/mol. The molecule has 4 heterocycles. The lowest BCUT2D eigenvalue weighted by atomic mass is 10.0. The minimum atomic E-state index is -2.62. The first-order valence-corrected chi connectivity index (χ1v) is 14.9. The third-order valence-electron chi connectivity index (χ3n) is 7.85. The number of benzene rings is 2. The number of piperidine rings is 1. The molecule has 0 bridgehead atoms. The SMILES string of the molecule is Cc1c(-c2cc(Nc3cc(CN4CCC(F)(F)CC4)n(C)n3)c(=O)n(C)n2)ccc(F)c1NC(=O)c1cc2ccccc2s1. The van der Waals surface area contributed by atoms with Gasteiger partial charge in [0.05, 0.1) is 22.0 Å². The molecule has 1 amide bonds. The van der Waals surface area contributed by atoms with Crippen LogP contribution in [0.1, 0.15) is 33.8 Å². The van der Waals surface area contributed by atoms with E-state index in [9.17, 15) is 18.4 Å². The van der Waals surface area contributed by atoms with Gasteiger partial charge >= 0.3 is 0 Å². The van der Waals surface area contributed by atoms with Gasteiger partial charge in [0.25, 0.3) is 17.4 Å². The summed E-state index contributed by atoms with van der Waals surface area (Å²) in [5.74, 6) is -3.23. The zero-order valence-corrected chi connectivity index (χ0v) is 25.1. The molecular weight excluding hydrogens is 591 g/mol. The Hall–Kier alpha value is -4.49. The molecule has 0 saturated carbocycles. The van der Waals surface area contributed by atoms with Crippen molar-refractivity contribution < 1.29 is 18.0 Å². The number of rotatable bonds is 7. The second kappa shape index (κ2) is 11.5. The van der Waals surface area contributed by atoms with Crippen LogP contribution in [0, 0.1) is 12.7 Å². The number of hydrogen-bond donors (Lipinski definition) is 2. The fraction of sp³-hybridized carbons (Fsp3) is 0.290. The number of nitrogens with one attached hydrogen (secondary N) is 2. The first kappa shape index (κ1) is 29.6. The zero-order valence-electron chi connectivity index (χ0n) is 24.3. The Morgan fingerprint density at radius 3 is 2.52 bits per heavy atom. The summed E-state index contributed by atoms with van der Waals surface area (Å²) in [5.41, 5.74) is 1.98. The Labute approximate surface area is 254 Å². The first-order valence-electron chi connectivity index (χ1n) is 14.1. The maximum Gasteiger partial charge on any atom is 0.290 e. The Kier molecular flexibility index (Phi) is 7.76. The second-order valence-corrected chi connectivity index (χ2v) is 12.1. The van der Waals surface area contributed by atoms with E-state index in [0.29, 0.717) is 47.2 Å². The minimum absolute atomic E-state index is 0.0277. The molecule has 2 aromatic carbocycles. The molecule has 1 aliphatic rings. The van der Waals surface area contributed by atoms with Crippen molar-refractivity contribution in [1.82, 2.24) is 24.5 Å². The predicted molar refractivity (Wildman–Crippen MR) is 165 cm³/mol. The molecule has 1 aliphatic heterocycles. The van der Waals surface area contributed by atoms with Gasteiger partial charge in [0.1, 0.15) is 11.5 Å². The van der Waals surface area contributed by atoms with E-state index in [1.165, 1.54) is 29.1 Å². The molecule has 0 radical (unpaired) electrons. The molecule has 44 heavy (non-hydrogen) atoms. The quantitative estimate of drug-likeness (QED) is 0.229. The van der Waals surface area contributed by atoms with Gasteiger partial charge in [-0.25, -0.2) is 17.9 Å². The van der Waals surface area contributed by atoms with Gasteiger partial charge in [-0.05, 0) is 48.2 Å². The Bertz CT molecular complexity index is 1910. The van der Waals surface area contributed by atoms with Crippen molar-refractivity contribution in [2.24, 2.45) is 14.1 Å². The topological polar surface area (TPSA) is 97.1 Å². The number of halogens is 3. The van der Waals surface area contributed by atoms with Gasteiger partial charge in [0.15, 0.2) is 5.82 Å². The molecular formula is C31H30F3N7O2S. The lowest BCUT2D eigenvalue weighted by Crippen LogP contribution is -2.39. The van der Waals surface area contributed by atoms with E-state index < -0.39 is 23.2 Å². The number of nitrogens with zero attached hydrogens (tertiary/aromatic N) is 5. The van der Waals surface area contributed by atoms with Gasteiger partial charge in [0, 0.05) is 62.9 Å². The molecule has 5 aromatic rings. The Balaban J connectivity index is 1.25. The number of aryl methyl sites for hydroxylation is 2. The van der Waals surface area contributed by atoms with Crippen LogP contribution in [0.4, 0.5) is 30.4 Å². The summed E-state index contributed by atoms with van der Waals surface area (Å²) >= 11 is 1.32. The van der Waals surface area contributed by atoms with Gasteiger partial charge in [-0.3, -0.25) is 19.2 Å². The van der Waals surface area contributed by atoms with Crippen molar-refractivity contribution in [3.05, 3.63) is 86.9 Å². The smallest absolute Gasteiger partial charge is 0.290 e. The van der Waals surface area contributed by atoms with Crippen LogP contribution in [-0.4, -0.2) is 49.4 Å². The van der Waals surface area contributed by atoms with Crippen LogP contribution in [0.3, 0.4) is 0 Å². The van der Waals surface area contributed by atoms with Crippen molar-refractivity contribution >= 4 is 44.5 Å². The number of alkyl halides is 2. The van der Waals surface area contributed by atoms with E-state index in [1.807, 2.05) is 29.2 Å². The summed E-state index contributed by atoms with van der Waals surface area (Å²) in [5, 5.41) is 15.6. The molecule has 13 heteroatoms. The molecule has 228 valence electrons. The van der Waals surface area contributed by atoms with Crippen molar-refractivity contribution in [2.75, 3.05) is 23.7 Å². The van der Waals surface area contributed by atoms with Crippen molar-refractivity contribution in [3.8, 4) is 11.3 Å². The molecule has 1 fully saturated rings. The number of carbonyl (C=O) groups is 1. The fourth-order valence-corrected chi connectivity index (χ4v) is 6.29. The summed E-state index contributed by atoms with van der Waals surface area (Å²) < 4.78 is 45.9. The number of likely N-dealkylation sites (tertiary alicyclic amines) is 1. The number of amides is 1.